The molecule has 2 fully saturated rings. The quantitative estimate of drug-likeness (QED) is 0.713. The van der Waals surface area contributed by atoms with E-state index in [1.165, 1.54) is 47.7 Å². The molecular formula is C24H35N3OS. The molecule has 0 saturated carbocycles. The highest BCUT2D eigenvalue weighted by Gasteiger charge is 2.27. The fraction of sp³-hybridized carbons (Fsp3) is 0.583. The maximum absolute atomic E-state index is 9.59. The standard InChI is InChI=1S/C24H35N3OS/c28-16-11-22-18-26(14-15-27(22)17-21-7-3-1-4-8-21)20-24-10-9-23(29-24)19-25-12-5-2-6-13-25/h1,3-4,7-10,22,28H,2,5-6,11-20H2. The van der Waals surface area contributed by atoms with Crippen LogP contribution in [0.3, 0.4) is 0 Å². The van der Waals surface area contributed by atoms with Crippen LogP contribution in [0.1, 0.15) is 41.0 Å². The van der Waals surface area contributed by atoms with Crippen molar-refractivity contribution in [1.82, 2.24) is 14.7 Å². The predicted octanol–water partition coefficient (Wildman–Crippen LogP) is 3.80. The van der Waals surface area contributed by atoms with Gasteiger partial charge in [0, 0.05) is 61.7 Å². The summed E-state index contributed by atoms with van der Waals surface area (Å²) in [4.78, 5) is 10.7. The molecule has 2 aromatic rings. The Balaban J connectivity index is 1.30. The van der Waals surface area contributed by atoms with Gasteiger partial charge in [-0.05, 0) is 50.0 Å². The zero-order valence-electron chi connectivity index (χ0n) is 17.5. The molecule has 1 atom stereocenters. The highest BCUT2D eigenvalue weighted by atomic mass is 32.1. The van der Waals surface area contributed by atoms with E-state index in [1.807, 2.05) is 11.3 Å². The zero-order valence-corrected chi connectivity index (χ0v) is 18.3. The first-order chi connectivity index (χ1) is 14.3. The number of thiophene rings is 1. The van der Waals surface area contributed by atoms with E-state index in [0.29, 0.717) is 6.04 Å². The molecule has 1 unspecified atom stereocenters. The summed E-state index contributed by atoms with van der Waals surface area (Å²) in [6.07, 6.45) is 4.97. The van der Waals surface area contributed by atoms with E-state index in [0.717, 1.165) is 45.7 Å². The van der Waals surface area contributed by atoms with Gasteiger partial charge >= 0.3 is 0 Å². The third-order valence-electron chi connectivity index (χ3n) is 6.30. The topological polar surface area (TPSA) is 30.0 Å². The molecule has 3 heterocycles. The minimum absolute atomic E-state index is 0.267. The fourth-order valence-electron chi connectivity index (χ4n) is 4.70. The maximum Gasteiger partial charge on any atom is 0.0446 e. The number of rotatable bonds is 8. The first-order valence-corrected chi connectivity index (χ1v) is 12.0. The molecule has 0 radical (unpaired) electrons. The van der Waals surface area contributed by atoms with Gasteiger partial charge in [0.15, 0.2) is 0 Å². The summed E-state index contributed by atoms with van der Waals surface area (Å²) in [5.74, 6) is 0. The molecule has 4 rings (SSSR count). The van der Waals surface area contributed by atoms with Gasteiger partial charge in [-0.15, -0.1) is 11.3 Å². The van der Waals surface area contributed by atoms with Gasteiger partial charge in [0.25, 0.3) is 0 Å². The Kier molecular flexibility index (Phi) is 7.74. The van der Waals surface area contributed by atoms with E-state index < -0.39 is 0 Å². The van der Waals surface area contributed by atoms with Crippen LogP contribution in [0.4, 0.5) is 0 Å². The summed E-state index contributed by atoms with van der Waals surface area (Å²) >= 11 is 1.99. The van der Waals surface area contributed by atoms with Crippen molar-refractivity contribution in [3.8, 4) is 0 Å². The Bertz CT molecular complexity index is 729. The van der Waals surface area contributed by atoms with E-state index in [9.17, 15) is 5.11 Å². The van der Waals surface area contributed by atoms with E-state index in [-0.39, 0.29) is 6.61 Å². The Morgan fingerprint density at radius 3 is 2.24 bits per heavy atom. The third kappa shape index (κ3) is 6.12. The Morgan fingerprint density at radius 1 is 0.793 bits per heavy atom. The van der Waals surface area contributed by atoms with E-state index in [2.05, 4.69) is 57.2 Å². The Hall–Kier alpha value is -1.24. The SMILES string of the molecule is OCCC1CN(Cc2ccc(CN3CCCCC3)s2)CCN1Cc1ccccc1. The van der Waals surface area contributed by atoms with Gasteiger partial charge in [0.05, 0.1) is 0 Å². The molecule has 4 nitrogen and oxygen atoms in total. The average molecular weight is 414 g/mol. The lowest BCUT2D eigenvalue weighted by atomic mass is 10.1. The van der Waals surface area contributed by atoms with Gasteiger partial charge in [-0.2, -0.15) is 0 Å². The smallest absolute Gasteiger partial charge is 0.0446 e. The first-order valence-electron chi connectivity index (χ1n) is 11.2. The molecule has 2 aliphatic heterocycles. The number of likely N-dealkylation sites (tertiary alicyclic amines) is 1. The molecule has 1 N–H and O–H groups in total. The summed E-state index contributed by atoms with van der Waals surface area (Å²) in [5.41, 5.74) is 1.37. The largest absolute Gasteiger partial charge is 0.396 e. The molecule has 1 aromatic heterocycles. The number of piperazine rings is 1. The number of nitrogens with zero attached hydrogens (tertiary/aromatic N) is 3. The summed E-state index contributed by atoms with van der Waals surface area (Å²) < 4.78 is 0. The van der Waals surface area contributed by atoms with Gasteiger partial charge < -0.3 is 5.11 Å². The predicted molar refractivity (Wildman–Crippen MR) is 121 cm³/mol. The number of piperidine rings is 1. The van der Waals surface area contributed by atoms with Crippen LogP contribution in [0.25, 0.3) is 0 Å². The number of hydrogen-bond acceptors (Lipinski definition) is 5. The molecule has 2 aliphatic rings. The molecule has 1 aromatic carbocycles. The molecule has 158 valence electrons. The van der Waals surface area contributed by atoms with Crippen molar-refractivity contribution >= 4 is 11.3 Å². The average Bonchev–Trinajstić information content (AvgIpc) is 3.18. The lowest BCUT2D eigenvalue weighted by molar-refractivity contribution is 0.0504. The minimum Gasteiger partial charge on any atom is -0.396 e. The molecule has 5 heteroatoms. The molecule has 0 aliphatic carbocycles. The third-order valence-corrected chi connectivity index (χ3v) is 7.36. The molecule has 2 saturated heterocycles. The van der Waals surface area contributed by atoms with Crippen molar-refractivity contribution < 1.29 is 5.11 Å². The van der Waals surface area contributed by atoms with Crippen LogP contribution in [-0.4, -0.2) is 65.2 Å². The van der Waals surface area contributed by atoms with Crippen molar-refractivity contribution in [3.63, 3.8) is 0 Å². The van der Waals surface area contributed by atoms with Crippen LogP contribution < -0.4 is 0 Å². The lowest BCUT2D eigenvalue weighted by Crippen LogP contribution is -2.52. The van der Waals surface area contributed by atoms with Crippen LogP contribution in [0.2, 0.25) is 0 Å². The molecule has 0 bridgehead atoms. The van der Waals surface area contributed by atoms with Crippen LogP contribution in [0, 0.1) is 0 Å². The summed E-state index contributed by atoms with van der Waals surface area (Å²) in [7, 11) is 0. The van der Waals surface area contributed by atoms with Crippen LogP contribution in [0.15, 0.2) is 42.5 Å². The highest BCUT2D eigenvalue weighted by Crippen LogP contribution is 2.24. The number of benzene rings is 1. The summed E-state index contributed by atoms with van der Waals surface area (Å²) in [5, 5.41) is 9.59. The Morgan fingerprint density at radius 2 is 1.52 bits per heavy atom. The Labute approximate surface area is 179 Å². The van der Waals surface area contributed by atoms with Gasteiger partial charge in [-0.25, -0.2) is 0 Å². The van der Waals surface area contributed by atoms with Crippen molar-refractivity contribution in [1.29, 1.82) is 0 Å². The highest BCUT2D eigenvalue weighted by molar-refractivity contribution is 7.11. The normalized spacial score (nSPS) is 22.2. The number of aliphatic hydroxyl groups excluding tert-OH is 1. The van der Waals surface area contributed by atoms with Crippen molar-refractivity contribution in [2.24, 2.45) is 0 Å². The van der Waals surface area contributed by atoms with Crippen LogP contribution in [0.5, 0.6) is 0 Å². The molecule has 29 heavy (non-hydrogen) atoms. The second kappa shape index (κ2) is 10.7. The van der Waals surface area contributed by atoms with E-state index >= 15 is 0 Å². The minimum atomic E-state index is 0.267. The van der Waals surface area contributed by atoms with Gasteiger partial charge in [0.1, 0.15) is 0 Å². The van der Waals surface area contributed by atoms with Crippen molar-refractivity contribution in [2.75, 3.05) is 39.3 Å². The number of aliphatic hydroxyl groups is 1. The van der Waals surface area contributed by atoms with Crippen LogP contribution in [-0.2, 0) is 19.6 Å². The van der Waals surface area contributed by atoms with Crippen LogP contribution >= 0.6 is 11.3 Å². The molecule has 0 amide bonds. The maximum atomic E-state index is 9.59. The van der Waals surface area contributed by atoms with Gasteiger partial charge in [-0.3, -0.25) is 14.7 Å². The first kappa shape index (κ1) is 21.0. The second-order valence-corrected chi connectivity index (χ2v) is 9.82. The molecular weight excluding hydrogens is 378 g/mol. The monoisotopic (exact) mass is 413 g/mol. The zero-order chi connectivity index (χ0) is 19.9. The van der Waals surface area contributed by atoms with E-state index in [1.54, 1.807) is 0 Å². The second-order valence-electron chi connectivity index (χ2n) is 8.56. The lowest BCUT2D eigenvalue weighted by Gasteiger charge is -2.41. The molecule has 0 spiro atoms. The van der Waals surface area contributed by atoms with Crippen molar-refractivity contribution in [2.45, 2.75) is 51.4 Å². The number of hydrogen-bond donors (Lipinski definition) is 1. The fourth-order valence-corrected chi connectivity index (χ4v) is 5.80. The summed E-state index contributed by atoms with van der Waals surface area (Å²) in [6.45, 7) is 9.18. The van der Waals surface area contributed by atoms with Crippen molar-refractivity contribution in [3.05, 3.63) is 57.8 Å². The summed E-state index contributed by atoms with van der Waals surface area (Å²) in [6, 6.07) is 15.8. The van der Waals surface area contributed by atoms with Gasteiger partial charge in [0.2, 0.25) is 0 Å². The van der Waals surface area contributed by atoms with Gasteiger partial charge in [-0.1, -0.05) is 36.8 Å². The van der Waals surface area contributed by atoms with E-state index in [4.69, 9.17) is 0 Å².